The van der Waals surface area contributed by atoms with E-state index in [1.807, 2.05) is 12.4 Å². The van der Waals surface area contributed by atoms with Crippen molar-refractivity contribution in [1.29, 1.82) is 0 Å². The molecule has 1 atom stereocenters. The molecule has 0 aromatic carbocycles. The molecular formula is C15H29N3. The molecule has 0 fully saturated rings. The Kier molecular flexibility index (Phi) is 7.74. The van der Waals surface area contributed by atoms with E-state index >= 15 is 0 Å². The van der Waals surface area contributed by atoms with E-state index in [1.54, 1.807) is 0 Å². The second-order valence-electron chi connectivity index (χ2n) is 5.14. The molecule has 1 aromatic rings. The molecule has 104 valence electrons. The molecule has 0 amide bonds. The smallest absolute Gasteiger partial charge is 0.107 e. The average Bonchev–Trinajstić information content (AvgIpc) is 2.87. The Balaban J connectivity index is 2.61. The fourth-order valence-corrected chi connectivity index (χ4v) is 2.64. The van der Waals surface area contributed by atoms with Crippen LogP contribution < -0.4 is 5.32 Å². The summed E-state index contributed by atoms with van der Waals surface area (Å²) < 4.78 is 0. The van der Waals surface area contributed by atoms with Crippen molar-refractivity contribution < 1.29 is 0 Å². The van der Waals surface area contributed by atoms with Crippen LogP contribution in [0.25, 0.3) is 0 Å². The summed E-state index contributed by atoms with van der Waals surface area (Å²) >= 11 is 0. The Morgan fingerprint density at radius 2 is 1.89 bits per heavy atom. The lowest BCUT2D eigenvalue weighted by Crippen LogP contribution is -2.39. The molecule has 0 aliphatic rings. The van der Waals surface area contributed by atoms with Crippen molar-refractivity contribution in [2.24, 2.45) is 5.92 Å². The summed E-state index contributed by atoms with van der Waals surface area (Å²) in [5.74, 6) is 1.89. The minimum atomic E-state index is 0.566. The van der Waals surface area contributed by atoms with Gasteiger partial charge in [0.2, 0.25) is 0 Å². The van der Waals surface area contributed by atoms with Crippen LogP contribution in [0.4, 0.5) is 0 Å². The molecule has 2 N–H and O–H groups in total. The van der Waals surface area contributed by atoms with Gasteiger partial charge in [0.15, 0.2) is 0 Å². The zero-order valence-electron chi connectivity index (χ0n) is 12.2. The maximum Gasteiger partial charge on any atom is 0.107 e. The van der Waals surface area contributed by atoms with Crippen molar-refractivity contribution in [3.8, 4) is 0 Å². The van der Waals surface area contributed by atoms with Gasteiger partial charge < -0.3 is 10.3 Å². The van der Waals surface area contributed by atoms with Gasteiger partial charge in [-0.25, -0.2) is 4.98 Å². The van der Waals surface area contributed by atoms with Gasteiger partial charge in [0.05, 0.1) is 0 Å². The number of hydrogen-bond acceptors (Lipinski definition) is 2. The zero-order chi connectivity index (χ0) is 13.2. The van der Waals surface area contributed by atoms with E-state index < -0.39 is 0 Å². The van der Waals surface area contributed by atoms with Crippen molar-refractivity contribution in [3.63, 3.8) is 0 Å². The highest BCUT2D eigenvalue weighted by molar-refractivity contribution is 4.93. The normalized spacial score (nSPS) is 13.1. The number of nitrogens with zero attached hydrogens (tertiary/aromatic N) is 1. The Bertz CT molecular complexity index is 276. The second-order valence-corrected chi connectivity index (χ2v) is 5.14. The molecule has 0 aliphatic carbocycles. The third kappa shape index (κ3) is 5.21. The molecule has 0 saturated carbocycles. The number of aromatic nitrogens is 2. The molecule has 18 heavy (non-hydrogen) atoms. The van der Waals surface area contributed by atoms with Crippen molar-refractivity contribution in [1.82, 2.24) is 15.3 Å². The van der Waals surface area contributed by atoms with Crippen LogP contribution in [0.2, 0.25) is 0 Å². The molecule has 0 spiro atoms. The van der Waals surface area contributed by atoms with E-state index in [1.165, 1.54) is 32.1 Å². The zero-order valence-corrected chi connectivity index (χ0v) is 12.2. The number of hydrogen-bond donors (Lipinski definition) is 2. The molecule has 1 rings (SSSR count). The van der Waals surface area contributed by atoms with E-state index in [-0.39, 0.29) is 0 Å². The van der Waals surface area contributed by atoms with Crippen LogP contribution in [0.5, 0.6) is 0 Å². The fraction of sp³-hybridized carbons (Fsp3) is 0.800. The third-order valence-corrected chi connectivity index (χ3v) is 3.51. The SMILES string of the molecule is CCCNC(Cc1ncc[nH]1)C(CCC)CCC. The molecule has 0 saturated heterocycles. The second kappa shape index (κ2) is 9.15. The predicted molar refractivity (Wildman–Crippen MR) is 77.7 cm³/mol. The highest BCUT2D eigenvalue weighted by Gasteiger charge is 2.20. The van der Waals surface area contributed by atoms with E-state index in [9.17, 15) is 0 Å². The highest BCUT2D eigenvalue weighted by Crippen LogP contribution is 2.20. The molecule has 3 nitrogen and oxygen atoms in total. The molecule has 1 heterocycles. The first-order chi connectivity index (χ1) is 8.81. The monoisotopic (exact) mass is 251 g/mol. The lowest BCUT2D eigenvalue weighted by atomic mass is 9.88. The van der Waals surface area contributed by atoms with Gasteiger partial charge in [-0.2, -0.15) is 0 Å². The molecule has 1 unspecified atom stereocenters. The number of aromatic amines is 1. The maximum atomic E-state index is 4.37. The van der Waals surface area contributed by atoms with Crippen LogP contribution in [0.3, 0.4) is 0 Å². The Labute approximate surface area is 112 Å². The first kappa shape index (κ1) is 15.2. The van der Waals surface area contributed by atoms with E-state index in [0.717, 1.165) is 24.7 Å². The number of imidazole rings is 1. The maximum absolute atomic E-state index is 4.37. The predicted octanol–water partition coefficient (Wildman–Crippen LogP) is 3.54. The molecule has 0 radical (unpaired) electrons. The van der Waals surface area contributed by atoms with Crippen LogP contribution in [0, 0.1) is 5.92 Å². The topological polar surface area (TPSA) is 40.7 Å². The minimum absolute atomic E-state index is 0.566. The van der Waals surface area contributed by atoms with Gasteiger partial charge in [0, 0.05) is 24.9 Å². The van der Waals surface area contributed by atoms with Crippen molar-refractivity contribution in [2.45, 2.75) is 65.3 Å². The quantitative estimate of drug-likeness (QED) is 0.668. The molecular weight excluding hydrogens is 222 g/mol. The standard InChI is InChI=1S/C15H29N3/c1-4-7-13(8-5-2)14(16-9-6-3)12-15-17-10-11-18-15/h10-11,13-14,16H,4-9,12H2,1-3H3,(H,17,18). The highest BCUT2D eigenvalue weighted by atomic mass is 14.9. The number of nitrogens with one attached hydrogen (secondary N) is 2. The lowest BCUT2D eigenvalue weighted by Gasteiger charge is -2.27. The van der Waals surface area contributed by atoms with E-state index in [0.29, 0.717) is 6.04 Å². The van der Waals surface area contributed by atoms with E-state index in [2.05, 4.69) is 36.1 Å². The summed E-state index contributed by atoms with van der Waals surface area (Å²) in [5, 5.41) is 3.72. The van der Waals surface area contributed by atoms with Crippen LogP contribution >= 0.6 is 0 Å². The van der Waals surface area contributed by atoms with Crippen LogP contribution in [0.15, 0.2) is 12.4 Å². The first-order valence-electron chi connectivity index (χ1n) is 7.53. The summed E-state index contributed by atoms with van der Waals surface area (Å²) in [6.45, 7) is 7.90. The lowest BCUT2D eigenvalue weighted by molar-refractivity contribution is 0.306. The molecule has 0 bridgehead atoms. The summed E-state index contributed by atoms with van der Waals surface area (Å²) in [7, 11) is 0. The number of rotatable bonds is 10. The summed E-state index contributed by atoms with van der Waals surface area (Å²) in [6, 6.07) is 0.566. The Morgan fingerprint density at radius 1 is 1.17 bits per heavy atom. The van der Waals surface area contributed by atoms with Crippen LogP contribution in [0.1, 0.15) is 58.7 Å². The van der Waals surface area contributed by atoms with E-state index in [4.69, 9.17) is 0 Å². The molecule has 0 aliphatic heterocycles. The Hall–Kier alpha value is -0.830. The minimum Gasteiger partial charge on any atom is -0.349 e. The van der Waals surface area contributed by atoms with Gasteiger partial charge in [-0.05, 0) is 31.7 Å². The number of H-pyrrole nitrogens is 1. The average molecular weight is 251 g/mol. The summed E-state index contributed by atoms with van der Waals surface area (Å²) in [6.07, 6.45) is 11.2. The van der Waals surface area contributed by atoms with Gasteiger partial charge in [-0.3, -0.25) is 0 Å². The summed E-state index contributed by atoms with van der Waals surface area (Å²) in [5.41, 5.74) is 0. The van der Waals surface area contributed by atoms with Gasteiger partial charge in [0.25, 0.3) is 0 Å². The van der Waals surface area contributed by atoms with Gasteiger partial charge >= 0.3 is 0 Å². The summed E-state index contributed by atoms with van der Waals surface area (Å²) in [4.78, 5) is 7.60. The van der Waals surface area contributed by atoms with Crippen molar-refractivity contribution in [3.05, 3.63) is 18.2 Å². The fourth-order valence-electron chi connectivity index (χ4n) is 2.64. The first-order valence-corrected chi connectivity index (χ1v) is 7.53. The third-order valence-electron chi connectivity index (χ3n) is 3.51. The van der Waals surface area contributed by atoms with Gasteiger partial charge in [-0.1, -0.05) is 33.6 Å². The molecule has 3 heteroatoms. The Morgan fingerprint density at radius 3 is 2.39 bits per heavy atom. The van der Waals surface area contributed by atoms with Crippen LogP contribution in [-0.2, 0) is 6.42 Å². The van der Waals surface area contributed by atoms with Crippen molar-refractivity contribution in [2.75, 3.05) is 6.54 Å². The van der Waals surface area contributed by atoms with Gasteiger partial charge in [0.1, 0.15) is 5.82 Å². The molecule has 1 aromatic heterocycles. The van der Waals surface area contributed by atoms with Crippen molar-refractivity contribution >= 4 is 0 Å². The largest absolute Gasteiger partial charge is 0.349 e. The van der Waals surface area contributed by atoms with Crippen LogP contribution in [-0.4, -0.2) is 22.6 Å². The van der Waals surface area contributed by atoms with Gasteiger partial charge in [-0.15, -0.1) is 0 Å².